The van der Waals surface area contributed by atoms with Crippen molar-refractivity contribution in [3.8, 4) is 6.07 Å². The second-order valence-corrected chi connectivity index (χ2v) is 4.58. The molecule has 1 aliphatic heterocycles. The van der Waals surface area contributed by atoms with Crippen LogP contribution in [0.1, 0.15) is 26.3 Å². The lowest BCUT2D eigenvalue weighted by molar-refractivity contribution is 0.0879. The van der Waals surface area contributed by atoms with Crippen LogP contribution in [0.25, 0.3) is 0 Å². The maximum atomic E-state index is 11.6. The fraction of sp³-hybridized carbons (Fsp3) is 0. The number of amides is 2. The molecule has 0 saturated heterocycles. The van der Waals surface area contributed by atoms with Gasteiger partial charge in [-0.3, -0.25) is 14.9 Å². The van der Waals surface area contributed by atoms with E-state index in [4.69, 9.17) is 11.0 Å². The molecule has 2 aromatic carbocycles. The highest BCUT2D eigenvalue weighted by atomic mass is 16.2. The van der Waals surface area contributed by atoms with Crippen molar-refractivity contribution in [2.45, 2.75) is 0 Å². The Kier molecular flexibility index (Phi) is 2.81. The van der Waals surface area contributed by atoms with Gasteiger partial charge in [0, 0.05) is 5.69 Å². The molecule has 0 unspecified atom stereocenters. The first-order chi connectivity index (χ1) is 10.1. The van der Waals surface area contributed by atoms with Gasteiger partial charge >= 0.3 is 0 Å². The van der Waals surface area contributed by atoms with Gasteiger partial charge in [0.1, 0.15) is 0 Å². The number of nitrogen functional groups attached to an aromatic ring is 1. The Balaban J connectivity index is 1.97. The lowest BCUT2D eigenvalue weighted by Gasteiger charge is -2.10. The van der Waals surface area contributed by atoms with E-state index in [1.165, 1.54) is 0 Å². The van der Waals surface area contributed by atoms with E-state index in [0.29, 0.717) is 33.8 Å². The van der Waals surface area contributed by atoms with Crippen molar-refractivity contribution in [1.29, 1.82) is 5.26 Å². The Morgan fingerprint density at radius 2 is 1.81 bits per heavy atom. The van der Waals surface area contributed by atoms with Gasteiger partial charge in [0.15, 0.2) is 0 Å². The summed E-state index contributed by atoms with van der Waals surface area (Å²) in [5.74, 6) is -0.815. The van der Waals surface area contributed by atoms with Crippen LogP contribution in [0.5, 0.6) is 0 Å². The summed E-state index contributed by atoms with van der Waals surface area (Å²) >= 11 is 0. The van der Waals surface area contributed by atoms with Gasteiger partial charge in [0.25, 0.3) is 11.8 Å². The maximum absolute atomic E-state index is 11.6. The number of hydrogen-bond donors (Lipinski definition) is 3. The lowest BCUT2D eigenvalue weighted by atomic mass is 10.1. The Morgan fingerprint density at radius 1 is 1.05 bits per heavy atom. The molecule has 6 nitrogen and oxygen atoms in total. The van der Waals surface area contributed by atoms with Crippen molar-refractivity contribution in [2.24, 2.45) is 0 Å². The van der Waals surface area contributed by atoms with Crippen LogP contribution in [0, 0.1) is 11.3 Å². The zero-order valence-electron chi connectivity index (χ0n) is 10.8. The zero-order valence-corrected chi connectivity index (χ0v) is 10.8. The molecule has 0 spiro atoms. The Bertz CT molecular complexity index is 821. The van der Waals surface area contributed by atoms with Crippen LogP contribution in [0.3, 0.4) is 0 Å². The summed E-state index contributed by atoms with van der Waals surface area (Å²) in [5.41, 5.74) is 8.65. The van der Waals surface area contributed by atoms with Gasteiger partial charge in [-0.05, 0) is 36.4 Å². The number of rotatable bonds is 2. The van der Waals surface area contributed by atoms with Crippen molar-refractivity contribution in [3.63, 3.8) is 0 Å². The largest absolute Gasteiger partial charge is 0.397 e. The van der Waals surface area contributed by atoms with Crippen LogP contribution < -0.4 is 16.4 Å². The van der Waals surface area contributed by atoms with Crippen LogP contribution in [-0.2, 0) is 0 Å². The van der Waals surface area contributed by atoms with Gasteiger partial charge in [0.05, 0.1) is 34.1 Å². The van der Waals surface area contributed by atoms with Crippen LogP contribution in [0.2, 0.25) is 0 Å². The summed E-state index contributed by atoms with van der Waals surface area (Å²) in [6, 6.07) is 11.7. The molecule has 0 aliphatic carbocycles. The number of carbonyl (C=O) groups excluding carboxylic acids is 2. The fourth-order valence-electron chi connectivity index (χ4n) is 2.14. The molecule has 0 saturated carbocycles. The first kappa shape index (κ1) is 12.7. The molecular formula is C15H10N4O2. The van der Waals surface area contributed by atoms with E-state index in [1.807, 2.05) is 6.07 Å². The summed E-state index contributed by atoms with van der Waals surface area (Å²) in [6.07, 6.45) is 0. The standard InChI is InChI=1S/C15H10N4O2/c16-7-8-1-4-12(17)13(5-8)18-9-2-3-10-11(6-9)15(21)19-14(10)20/h1-6,18H,17H2,(H,19,20,21). The van der Waals surface area contributed by atoms with Crippen molar-refractivity contribution >= 4 is 28.9 Å². The predicted octanol–water partition coefficient (Wildman–Crippen LogP) is 1.77. The zero-order chi connectivity index (χ0) is 15.0. The Hall–Kier alpha value is -3.33. The molecule has 21 heavy (non-hydrogen) atoms. The number of carbonyl (C=O) groups is 2. The van der Waals surface area contributed by atoms with Gasteiger partial charge in [-0.25, -0.2) is 0 Å². The Labute approximate surface area is 120 Å². The molecular weight excluding hydrogens is 268 g/mol. The number of anilines is 3. The van der Waals surface area contributed by atoms with Gasteiger partial charge < -0.3 is 11.1 Å². The average molecular weight is 278 g/mol. The van der Waals surface area contributed by atoms with Crippen LogP contribution in [0.15, 0.2) is 36.4 Å². The third-order valence-corrected chi connectivity index (χ3v) is 3.20. The monoisotopic (exact) mass is 278 g/mol. The summed E-state index contributed by atoms with van der Waals surface area (Å²) in [5, 5.41) is 14.2. The van der Waals surface area contributed by atoms with Crippen LogP contribution in [0.4, 0.5) is 17.1 Å². The number of nitrogens with one attached hydrogen (secondary N) is 2. The minimum atomic E-state index is -0.419. The highest BCUT2D eigenvalue weighted by Gasteiger charge is 2.26. The fourth-order valence-corrected chi connectivity index (χ4v) is 2.14. The second-order valence-electron chi connectivity index (χ2n) is 4.58. The van der Waals surface area contributed by atoms with Crippen LogP contribution >= 0.6 is 0 Å². The van der Waals surface area contributed by atoms with Gasteiger partial charge in [0.2, 0.25) is 0 Å². The highest BCUT2D eigenvalue weighted by molar-refractivity contribution is 6.21. The molecule has 0 aromatic heterocycles. The smallest absolute Gasteiger partial charge is 0.259 e. The summed E-state index contributed by atoms with van der Waals surface area (Å²) in [7, 11) is 0. The Morgan fingerprint density at radius 3 is 2.57 bits per heavy atom. The van der Waals surface area contributed by atoms with Crippen LogP contribution in [-0.4, -0.2) is 11.8 Å². The molecule has 1 aliphatic rings. The van der Waals surface area contributed by atoms with Gasteiger partial charge in [-0.2, -0.15) is 5.26 Å². The molecule has 102 valence electrons. The van der Waals surface area contributed by atoms with Crippen molar-refractivity contribution in [2.75, 3.05) is 11.1 Å². The number of imide groups is 1. The molecule has 3 rings (SSSR count). The first-order valence-corrected chi connectivity index (χ1v) is 6.15. The SMILES string of the molecule is N#Cc1ccc(N)c(Nc2ccc3c(c2)C(=O)NC3=O)c1. The quantitative estimate of drug-likeness (QED) is 0.573. The topological polar surface area (TPSA) is 108 Å². The third kappa shape index (κ3) is 2.17. The number of nitrogens with zero attached hydrogens (tertiary/aromatic N) is 1. The van der Waals surface area contributed by atoms with E-state index in [-0.39, 0.29) is 0 Å². The normalized spacial score (nSPS) is 12.5. The number of fused-ring (bicyclic) bond motifs is 1. The summed E-state index contributed by atoms with van der Waals surface area (Å²) < 4.78 is 0. The van der Waals surface area contributed by atoms with Gasteiger partial charge in [-0.1, -0.05) is 0 Å². The number of benzene rings is 2. The second kappa shape index (κ2) is 4.65. The molecule has 6 heteroatoms. The lowest BCUT2D eigenvalue weighted by Crippen LogP contribution is -2.19. The molecule has 4 N–H and O–H groups in total. The number of nitriles is 1. The molecule has 0 bridgehead atoms. The molecule has 0 atom stereocenters. The third-order valence-electron chi connectivity index (χ3n) is 3.20. The minimum absolute atomic E-state index is 0.319. The van der Waals surface area contributed by atoms with Gasteiger partial charge in [-0.15, -0.1) is 0 Å². The van der Waals surface area contributed by atoms with Crippen molar-refractivity contribution in [3.05, 3.63) is 53.1 Å². The molecule has 0 radical (unpaired) electrons. The maximum Gasteiger partial charge on any atom is 0.259 e. The van der Waals surface area contributed by atoms with E-state index < -0.39 is 11.8 Å². The van der Waals surface area contributed by atoms with E-state index in [9.17, 15) is 9.59 Å². The van der Waals surface area contributed by atoms with E-state index in [0.717, 1.165) is 0 Å². The summed E-state index contributed by atoms with van der Waals surface area (Å²) in [4.78, 5) is 23.1. The molecule has 2 aromatic rings. The highest BCUT2D eigenvalue weighted by Crippen LogP contribution is 2.27. The van der Waals surface area contributed by atoms with Crippen molar-refractivity contribution < 1.29 is 9.59 Å². The van der Waals surface area contributed by atoms with E-state index >= 15 is 0 Å². The molecule has 0 fully saturated rings. The molecule has 2 amide bonds. The average Bonchev–Trinajstić information content (AvgIpc) is 2.76. The first-order valence-electron chi connectivity index (χ1n) is 6.15. The van der Waals surface area contributed by atoms with E-state index in [1.54, 1.807) is 36.4 Å². The van der Waals surface area contributed by atoms with Crippen molar-refractivity contribution in [1.82, 2.24) is 5.32 Å². The molecule has 1 heterocycles. The minimum Gasteiger partial charge on any atom is -0.397 e. The summed E-state index contributed by atoms with van der Waals surface area (Å²) in [6.45, 7) is 0. The number of nitrogens with two attached hydrogens (primary N) is 1. The van der Waals surface area contributed by atoms with E-state index in [2.05, 4.69) is 10.6 Å². The number of hydrogen-bond acceptors (Lipinski definition) is 5. The predicted molar refractivity (Wildman–Crippen MR) is 77.1 cm³/mol.